The van der Waals surface area contributed by atoms with Gasteiger partial charge in [0, 0.05) is 12.6 Å². The van der Waals surface area contributed by atoms with Crippen LogP contribution in [-0.4, -0.2) is 12.1 Å². The largest absolute Gasteiger partial charge is 0.427 e. The van der Waals surface area contributed by atoms with Gasteiger partial charge in [0.1, 0.15) is 5.75 Å². The number of hydrogen-bond donors (Lipinski definition) is 0. The van der Waals surface area contributed by atoms with Gasteiger partial charge < -0.3 is 4.74 Å². The van der Waals surface area contributed by atoms with Crippen LogP contribution in [0, 0.1) is 6.92 Å². The number of hydrogen-bond acceptors (Lipinski definition) is 3. The van der Waals surface area contributed by atoms with E-state index in [1.807, 2.05) is 19.1 Å². The lowest BCUT2D eigenvalue weighted by atomic mass is 10.2. The highest BCUT2D eigenvalue weighted by Crippen LogP contribution is 2.12. The van der Waals surface area contributed by atoms with Crippen molar-refractivity contribution in [1.82, 2.24) is 0 Å². The van der Waals surface area contributed by atoms with Crippen molar-refractivity contribution < 1.29 is 14.1 Å². The summed E-state index contributed by atoms with van der Waals surface area (Å²) in [4.78, 5) is 11.2. The molecule has 0 aliphatic carbocycles. The smallest absolute Gasteiger partial charge is 0.311 e. The summed E-state index contributed by atoms with van der Waals surface area (Å²) in [6.45, 7) is 1.97. The first-order chi connectivity index (χ1) is 7.22. The molecule has 1 aromatic rings. The first-order valence-electron chi connectivity index (χ1n) is 4.79. The fourth-order valence-electron chi connectivity index (χ4n) is 1.08. The predicted octanol–water partition coefficient (Wildman–Crippen LogP) is 2.97. The summed E-state index contributed by atoms with van der Waals surface area (Å²) in [6, 6.07) is 7.30. The molecule has 0 unspecified atom stereocenters. The number of esters is 1. The molecule has 0 saturated heterocycles. The molecule has 15 heavy (non-hydrogen) atoms. The van der Waals surface area contributed by atoms with E-state index in [0.717, 1.165) is 5.56 Å². The Kier molecular flexibility index (Phi) is 4.99. The van der Waals surface area contributed by atoms with Crippen molar-refractivity contribution in [3.63, 3.8) is 0 Å². The first kappa shape index (κ1) is 11.9. The quantitative estimate of drug-likeness (QED) is 0.334. The van der Waals surface area contributed by atoms with Gasteiger partial charge in [-0.1, -0.05) is 17.7 Å². The highest BCUT2D eigenvalue weighted by atomic mass is 31.1. The van der Waals surface area contributed by atoms with Crippen molar-refractivity contribution in [3.05, 3.63) is 29.8 Å². The van der Waals surface area contributed by atoms with Gasteiger partial charge in [-0.15, -0.1) is 0 Å². The molecule has 1 rings (SSSR count). The molecule has 0 fully saturated rings. The highest BCUT2D eigenvalue weighted by molar-refractivity contribution is 7.23. The van der Waals surface area contributed by atoms with E-state index in [1.54, 1.807) is 12.1 Å². The summed E-state index contributed by atoms with van der Waals surface area (Å²) < 4.78 is 15.2. The number of ether oxygens (including phenoxy) is 1. The number of aryl methyl sites for hydroxylation is 1. The topological polar surface area (TPSA) is 43.4 Å². The standard InChI is InChI=1S/C11H13O3P/c1-9-4-6-10(7-5-9)14-11(12)3-2-8-15-13/h4-7H,2-3,8H2,1H3. The second-order valence-corrected chi connectivity index (χ2v) is 3.95. The van der Waals surface area contributed by atoms with Crippen molar-refractivity contribution in [2.24, 2.45) is 0 Å². The summed E-state index contributed by atoms with van der Waals surface area (Å²) in [5, 5.41) is 0. The summed E-state index contributed by atoms with van der Waals surface area (Å²) in [6.07, 6.45) is 1.40. The molecule has 0 aromatic heterocycles. The maximum absolute atomic E-state index is 11.2. The summed E-state index contributed by atoms with van der Waals surface area (Å²) in [7, 11) is 0.0799. The van der Waals surface area contributed by atoms with Gasteiger partial charge in [0.05, 0.1) is 0 Å². The lowest BCUT2D eigenvalue weighted by molar-refractivity contribution is -0.134. The minimum Gasteiger partial charge on any atom is -0.427 e. The molecule has 1 aromatic carbocycles. The molecule has 0 bridgehead atoms. The van der Waals surface area contributed by atoms with Gasteiger partial charge in [-0.25, -0.2) is 0 Å². The van der Waals surface area contributed by atoms with Crippen LogP contribution in [-0.2, 0) is 9.36 Å². The zero-order valence-electron chi connectivity index (χ0n) is 8.60. The Balaban J connectivity index is 2.37. The summed E-state index contributed by atoms with van der Waals surface area (Å²) in [5.41, 5.74) is 1.12. The number of rotatable bonds is 5. The fraction of sp³-hybridized carbons (Fsp3) is 0.364. The van der Waals surface area contributed by atoms with Gasteiger partial charge in [0.2, 0.25) is 0 Å². The molecule has 0 aliphatic heterocycles. The molecule has 0 N–H and O–H groups in total. The van der Waals surface area contributed by atoms with Crippen LogP contribution in [0.4, 0.5) is 0 Å². The Hall–Kier alpha value is -1.21. The van der Waals surface area contributed by atoms with Gasteiger partial charge >= 0.3 is 5.97 Å². The SMILES string of the molecule is Cc1ccc(OC(=O)CCCP=O)cc1. The minimum absolute atomic E-state index is 0.0799. The molecule has 0 radical (unpaired) electrons. The Bertz CT molecular complexity index is 332. The lowest BCUT2D eigenvalue weighted by Crippen LogP contribution is -2.07. The van der Waals surface area contributed by atoms with Crippen molar-refractivity contribution >= 4 is 14.4 Å². The van der Waals surface area contributed by atoms with E-state index in [1.165, 1.54) is 0 Å². The van der Waals surface area contributed by atoms with Gasteiger partial charge in [-0.2, -0.15) is 0 Å². The molecule has 0 atom stereocenters. The number of benzene rings is 1. The molecule has 0 amide bonds. The third-order valence-electron chi connectivity index (χ3n) is 1.88. The Morgan fingerprint density at radius 1 is 1.33 bits per heavy atom. The number of carbonyl (C=O) groups is 1. The van der Waals surface area contributed by atoms with Crippen LogP contribution in [0.15, 0.2) is 24.3 Å². The Morgan fingerprint density at radius 3 is 2.60 bits per heavy atom. The molecular weight excluding hydrogens is 211 g/mol. The monoisotopic (exact) mass is 224 g/mol. The molecule has 4 heteroatoms. The van der Waals surface area contributed by atoms with E-state index in [0.29, 0.717) is 24.8 Å². The van der Waals surface area contributed by atoms with E-state index in [9.17, 15) is 9.36 Å². The highest BCUT2D eigenvalue weighted by Gasteiger charge is 2.03. The van der Waals surface area contributed by atoms with Crippen LogP contribution in [0.1, 0.15) is 18.4 Å². The van der Waals surface area contributed by atoms with Crippen LogP contribution in [0.3, 0.4) is 0 Å². The van der Waals surface area contributed by atoms with Crippen LogP contribution >= 0.6 is 8.46 Å². The summed E-state index contributed by atoms with van der Waals surface area (Å²) in [5.74, 6) is 0.285. The second-order valence-electron chi connectivity index (χ2n) is 3.24. The van der Waals surface area contributed by atoms with E-state index in [2.05, 4.69) is 0 Å². The van der Waals surface area contributed by atoms with Gasteiger partial charge in [-0.3, -0.25) is 9.36 Å². The molecule has 3 nitrogen and oxygen atoms in total. The van der Waals surface area contributed by atoms with Crippen molar-refractivity contribution in [2.45, 2.75) is 19.8 Å². The van der Waals surface area contributed by atoms with Crippen LogP contribution < -0.4 is 4.74 Å². The van der Waals surface area contributed by atoms with E-state index in [-0.39, 0.29) is 14.4 Å². The average molecular weight is 224 g/mol. The molecule has 80 valence electrons. The average Bonchev–Trinajstić information content (AvgIpc) is 2.22. The third kappa shape index (κ3) is 4.71. The molecule has 0 heterocycles. The van der Waals surface area contributed by atoms with Crippen molar-refractivity contribution in [1.29, 1.82) is 0 Å². The first-order valence-corrected chi connectivity index (χ1v) is 5.78. The van der Waals surface area contributed by atoms with Crippen molar-refractivity contribution in [2.75, 3.05) is 6.16 Å². The Morgan fingerprint density at radius 2 is 2.00 bits per heavy atom. The zero-order chi connectivity index (χ0) is 11.1. The molecule has 0 aliphatic rings. The normalized spacial score (nSPS) is 10.2. The predicted molar refractivity (Wildman–Crippen MR) is 58.5 cm³/mol. The Labute approximate surface area is 90.7 Å². The fourth-order valence-corrected chi connectivity index (χ4v) is 1.36. The molecule has 0 saturated carbocycles. The van der Waals surface area contributed by atoms with Gasteiger partial charge in [0.25, 0.3) is 0 Å². The molecule has 0 spiro atoms. The van der Waals surface area contributed by atoms with E-state index < -0.39 is 0 Å². The van der Waals surface area contributed by atoms with Crippen molar-refractivity contribution in [3.8, 4) is 5.75 Å². The number of carbonyl (C=O) groups excluding carboxylic acids is 1. The van der Waals surface area contributed by atoms with E-state index >= 15 is 0 Å². The zero-order valence-corrected chi connectivity index (χ0v) is 9.50. The summed E-state index contributed by atoms with van der Waals surface area (Å²) >= 11 is 0. The molecular formula is C11H13O3P. The minimum atomic E-state index is -0.275. The van der Waals surface area contributed by atoms with Crippen LogP contribution in [0.25, 0.3) is 0 Å². The third-order valence-corrected chi connectivity index (χ3v) is 2.38. The maximum atomic E-state index is 11.2. The second kappa shape index (κ2) is 6.31. The lowest BCUT2D eigenvalue weighted by Gasteiger charge is -2.03. The van der Waals surface area contributed by atoms with Crippen LogP contribution in [0.5, 0.6) is 5.75 Å². The van der Waals surface area contributed by atoms with Crippen LogP contribution in [0.2, 0.25) is 0 Å². The maximum Gasteiger partial charge on any atom is 0.311 e. The van der Waals surface area contributed by atoms with Gasteiger partial charge in [0.15, 0.2) is 8.46 Å². The van der Waals surface area contributed by atoms with E-state index in [4.69, 9.17) is 4.74 Å². The van der Waals surface area contributed by atoms with Gasteiger partial charge in [-0.05, 0) is 25.5 Å².